The molecule has 1 atom stereocenters. The molecule has 0 unspecified atom stereocenters. The molecule has 8 nitrogen and oxygen atoms in total. The number of carbonyl (C=O) groups excluding carboxylic acids is 2. The van der Waals surface area contributed by atoms with Gasteiger partial charge in [0.25, 0.3) is 5.56 Å². The molecule has 0 spiro atoms. The largest absolute Gasteiger partial charge is 0.458 e. The van der Waals surface area contributed by atoms with Crippen LogP contribution in [0.1, 0.15) is 18.3 Å². The third-order valence-electron chi connectivity index (χ3n) is 4.03. The first-order valence-corrected chi connectivity index (χ1v) is 8.71. The van der Waals surface area contributed by atoms with Gasteiger partial charge >= 0.3 is 12.0 Å². The number of urea groups is 1. The van der Waals surface area contributed by atoms with Crippen molar-refractivity contribution in [1.82, 2.24) is 14.7 Å². The number of hydrogen-bond acceptors (Lipinski definition) is 5. The van der Waals surface area contributed by atoms with Gasteiger partial charge in [0.15, 0.2) is 0 Å². The molecule has 0 aliphatic heterocycles. The van der Waals surface area contributed by atoms with Gasteiger partial charge < -0.3 is 15.4 Å². The number of esters is 1. The van der Waals surface area contributed by atoms with Crippen LogP contribution in [0.15, 0.2) is 59.4 Å². The molecule has 2 heterocycles. The maximum Gasteiger partial charge on any atom is 0.328 e. The van der Waals surface area contributed by atoms with Crippen molar-refractivity contribution in [1.29, 1.82) is 0 Å². The third-order valence-corrected chi connectivity index (χ3v) is 4.03. The van der Waals surface area contributed by atoms with Gasteiger partial charge in [-0.2, -0.15) is 0 Å². The number of amides is 2. The highest BCUT2D eigenvalue weighted by molar-refractivity contribution is 5.92. The highest BCUT2D eigenvalue weighted by Crippen LogP contribution is 2.06. The molecule has 2 N–H and O–H groups in total. The van der Waals surface area contributed by atoms with Crippen LogP contribution < -0.4 is 16.2 Å². The van der Waals surface area contributed by atoms with Gasteiger partial charge in [-0.05, 0) is 38.1 Å². The van der Waals surface area contributed by atoms with E-state index in [4.69, 9.17) is 4.74 Å². The highest BCUT2D eigenvalue weighted by Gasteiger charge is 2.17. The van der Waals surface area contributed by atoms with Gasteiger partial charge in [-0.15, -0.1) is 0 Å². The predicted octanol–water partition coefficient (Wildman–Crippen LogP) is 2.26. The zero-order chi connectivity index (χ0) is 20.1. The fourth-order valence-corrected chi connectivity index (χ4v) is 2.65. The second-order valence-corrected chi connectivity index (χ2v) is 6.24. The Morgan fingerprint density at radius 2 is 1.89 bits per heavy atom. The summed E-state index contributed by atoms with van der Waals surface area (Å²) in [5.74, 6) is -0.630. The quantitative estimate of drug-likeness (QED) is 0.661. The van der Waals surface area contributed by atoms with Crippen molar-refractivity contribution >= 4 is 23.3 Å². The molecule has 3 aromatic rings. The predicted molar refractivity (Wildman–Crippen MR) is 104 cm³/mol. The Morgan fingerprint density at radius 3 is 2.64 bits per heavy atom. The minimum atomic E-state index is -0.868. The van der Waals surface area contributed by atoms with Gasteiger partial charge in [0.2, 0.25) is 0 Å². The van der Waals surface area contributed by atoms with Crippen LogP contribution in [0, 0.1) is 6.92 Å². The molecule has 0 aliphatic rings. The number of ether oxygens (including phenoxy) is 1. The summed E-state index contributed by atoms with van der Waals surface area (Å²) in [5.41, 5.74) is 1.94. The van der Waals surface area contributed by atoms with Gasteiger partial charge in [0.05, 0.1) is 5.69 Å². The van der Waals surface area contributed by atoms with E-state index in [9.17, 15) is 14.4 Å². The molecule has 0 bridgehead atoms. The van der Waals surface area contributed by atoms with Gasteiger partial charge in [-0.25, -0.2) is 14.6 Å². The number of hydrogen-bond donors (Lipinski definition) is 2. The Bertz CT molecular complexity index is 1060. The normalized spacial score (nSPS) is 11.6. The van der Waals surface area contributed by atoms with E-state index in [0.717, 1.165) is 5.69 Å². The van der Waals surface area contributed by atoms with E-state index in [1.165, 1.54) is 17.4 Å². The molecule has 1 aromatic carbocycles. The Hall–Kier alpha value is -3.68. The summed E-state index contributed by atoms with van der Waals surface area (Å²) in [6.07, 6.45) is 0. The van der Waals surface area contributed by atoms with Gasteiger partial charge in [-0.1, -0.05) is 24.3 Å². The molecule has 0 radical (unpaired) electrons. The molecule has 144 valence electrons. The van der Waals surface area contributed by atoms with Crippen molar-refractivity contribution in [2.75, 3.05) is 5.32 Å². The van der Waals surface area contributed by atoms with E-state index >= 15 is 0 Å². The molecule has 8 heteroatoms. The number of aryl methyl sites for hydroxylation is 1. The average molecular weight is 380 g/mol. The average Bonchev–Trinajstić information content (AvgIpc) is 2.66. The second-order valence-electron chi connectivity index (χ2n) is 6.24. The Balaban J connectivity index is 1.58. The first-order chi connectivity index (χ1) is 13.4. The Morgan fingerprint density at radius 1 is 1.14 bits per heavy atom. The smallest absolute Gasteiger partial charge is 0.328 e. The van der Waals surface area contributed by atoms with Gasteiger partial charge in [0, 0.05) is 17.4 Å². The van der Waals surface area contributed by atoms with E-state index in [2.05, 4.69) is 15.6 Å². The van der Waals surface area contributed by atoms with Crippen molar-refractivity contribution in [2.45, 2.75) is 26.5 Å². The van der Waals surface area contributed by atoms with Gasteiger partial charge in [0.1, 0.15) is 18.3 Å². The van der Waals surface area contributed by atoms with Gasteiger partial charge in [-0.3, -0.25) is 9.20 Å². The molecular formula is C20H20N4O4. The summed E-state index contributed by atoms with van der Waals surface area (Å²) in [6.45, 7) is 3.16. The SMILES string of the molecule is Cc1cccc2nc(COC(=O)[C@H](C)NC(=O)Nc3ccccc3)cc(=O)n12. The molecule has 28 heavy (non-hydrogen) atoms. The molecule has 0 aliphatic carbocycles. The van der Waals surface area contributed by atoms with Crippen LogP contribution in [0.5, 0.6) is 0 Å². The molecule has 3 rings (SSSR count). The third kappa shape index (κ3) is 4.53. The fourth-order valence-electron chi connectivity index (χ4n) is 2.65. The maximum atomic E-state index is 12.2. The lowest BCUT2D eigenvalue weighted by molar-refractivity contribution is -0.146. The summed E-state index contributed by atoms with van der Waals surface area (Å²) in [4.78, 5) is 40.6. The number of fused-ring (bicyclic) bond motifs is 1. The standard InChI is InChI=1S/C20H20N4O4/c1-13-7-6-10-17-22-16(11-18(25)24(13)17)12-28-19(26)14(2)21-20(27)23-15-8-4-3-5-9-15/h3-11,14H,12H2,1-2H3,(H2,21,23,27)/t14-/m0/s1. The van der Waals surface area contributed by atoms with E-state index in [1.807, 2.05) is 19.1 Å². The van der Waals surface area contributed by atoms with E-state index in [0.29, 0.717) is 17.0 Å². The molecule has 0 saturated carbocycles. The lowest BCUT2D eigenvalue weighted by Gasteiger charge is -2.14. The van der Waals surface area contributed by atoms with E-state index in [1.54, 1.807) is 36.4 Å². The van der Waals surface area contributed by atoms with Crippen molar-refractivity contribution in [3.05, 3.63) is 76.3 Å². The molecule has 0 saturated heterocycles. The summed E-state index contributed by atoms with van der Waals surface area (Å²) in [6, 6.07) is 14.1. The number of benzene rings is 1. The summed E-state index contributed by atoms with van der Waals surface area (Å²) >= 11 is 0. The first-order valence-electron chi connectivity index (χ1n) is 8.71. The van der Waals surface area contributed by atoms with Crippen LogP contribution in [0.2, 0.25) is 0 Å². The summed E-state index contributed by atoms with van der Waals surface area (Å²) in [5, 5.41) is 5.12. The number of pyridine rings is 1. The van der Waals surface area contributed by atoms with E-state index in [-0.39, 0.29) is 12.2 Å². The monoisotopic (exact) mass is 380 g/mol. The number of carbonyl (C=O) groups is 2. The first kappa shape index (κ1) is 19.1. The number of nitrogens with one attached hydrogen (secondary N) is 2. The minimum Gasteiger partial charge on any atom is -0.458 e. The van der Waals surface area contributed by atoms with Crippen LogP contribution in [-0.2, 0) is 16.1 Å². The Kier molecular flexibility index (Phi) is 5.69. The van der Waals surface area contributed by atoms with Crippen LogP contribution in [0.25, 0.3) is 5.65 Å². The second kappa shape index (κ2) is 8.34. The number of rotatable bonds is 5. The fraction of sp³-hybridized carbons (Fsp3) is 0.200. The number of nitrogens with zero attached hydrogens (tertiary/aromatic N) is 2. The topological polar surface area (TPSA) is 102 Å². The van der Waals surface area contributed by atoms with Crippen molar-refractivity contribution in [3.8, 4) is 0 Å². The molecule has 0 fully saturated rings. The molecule has 2 amide bonds. The minimum absolute atomic E-state index is 0.162. The Labute approximate surface area is 161 Å². The lowest BCUT2D eigenvalue weighted by atomic mass is 10.3. The van der Waals surface area contributed by atoms with Crippen molar-refractivity contribution < 1.29 is 14.3 Å². The van der Waals surface area contributed by atoms with Crippen LogP contribution in [-0.4, -0.2) is 27.4 Å². The summed E-state index contributed by atoms with van der Waals surface area (Å²) in [7, 11) is 0. The summed E-state index contributed by atoms with van der Waals surface area (Å²) < 4.78 is 6.66. The van der Waals surface area contributed by atoms with Crippen LogP contribution >= 0.6 is 0 Å². The van der Waals surface area contributed by atoms with Crippen LogP contribution in [0.4, 0.5) is 10.5 Å². The number of anilines is 1. The highest BCUT2D eigenvalue weighted by atomic mass is 16.5. The maximum absolute atomic E-state index is 12.2. The lowest BCUT2D eigenvalue weighted by Crippen LogP contribution is -2.41. The zero-order valence-corrected chi connectivity index (χ0v) is 15.5. The zero-order valence-electron chi connectivity index (χ0n) is 15.5. The number of para-hydroxylation sites is 1. The van der Waals surface area contributed by atoms with Crippen molar-refractivity contribution in [3.63, 3.8) is 0 Å². The number of aromatic nitrogens is 2. The van der Waals surface area contributed by atoms with Crippen molar-refractivity contribution in [2.24, 2.45) is 0 Å². The van der Waals surface area contributed by atoms with Crippen LogP contribution in [0.3, 0.4) is 0 Å². The molecular weight excluding hydrogens is 360 g/mol. The molecule has 2 aromatic heterocycles. The van der Waals surface area contributed by atoms with E-state index < -0.39 is 18.0 Å².